The minimum Gasteiger partial charge on any atom is -0.363 e. The summed E-state index contributed by atoms with van der Waals surface area (Å²) in [6.07, 6.45) is 7.88. The van der Waals surface area contributed by atoms with Gasteiger partial charge in [-0.1, -0.05) is 0 Å². The van der Waals surface area contributed by atoms with Crippen molar-refractivity contribution in [1.29, 1.82) is 0 Å². The van der Waals surface area contributed by atoms with Gasteiger partial charge in [0, 0.05) is 60.5 Å². The second-order valence-electron chi connectivity index (χ2n) is 8.55. The van der Waals surface area contributed by atoms with Crippen LogP contribution in [0.1, 0.15) is 51.5 Å². The van der Waals surface area contributed by atoms with Crippen LogP contribution in [0, 0.1) is 12.8 Å². The molecule has 0 radical (unpaired) electrons. The maximum absolute atomic E-state index is 12.9. The third-order valence-corrected chi connectivity index (χ3v) is 6.25. The van der Waals surface area contributed by atoms with E-state index < -0.39 is 12.9 Å². The Kier molecular flexibility index (Phi) is 4.52. The highest BCUT2D eigenvalue weighted by atomic mass is 16.2. The number of pyridine rings is 2. The van der Waals surface area contributed by atoms with Gasteiger partial charge in [0.05, 0.1) is 34.4 Å². The highest BCUT2D eigenvalue weighted by molar-refractivity contribution is 6.02. The Morgan fingerprint density at radius 3 is 2.71 bits per heavy atom. The Bertz CT molecular complexity index is 1410. The van der Waals surface area contributed by atoms with Crippen LogP contribution in [-0.4, -0.2) is 45.8 Å². The van der Waals surface area contributed by atoms with Gasteiger partial charge in [-0.15, -0.1) is 0 Å². The first-order valence-electron chi connectivity index (χ1n) is 12.5. The number of amides is 2. The summed E-state index contributed by atoms with van der Waals surface area (Å²) in [6, 6.07) is 1.40. The molecule has 0 unspecified atom stereocenters. The minimum absolute atomic E-state index is 0.0108. The van der Waals surface area contributed by atoms with Gasteiger partial charge >= 0.3 is 0 Å². The number of aromatic nitrogens is 4. The highest BCUT2D eigenvalue weighted by Crippen LogP contribution is 2.47. The van der Waals surface area contributed by atoms with E-state index in [0.29, 0.717) is 5.82 Å². The zero-order valence-electron chi connectivity index (χ0n) is 22.0. The van der Waals surface area contributed by atoms with Crippen LogP contribution in [0.4, 0.5) is 23.0 Å². The lowest BCUT2D eigenvalue weighted by Crippen LogP contribution is -2.29. The number of nitrogens with zero attached hydrogens (tertiary/aromatic N) is 5. The maximum Gasteiger partial charge on any atom is 0.254 e. The third kappa shape index (κ3) is 3.70. The molecule has 10 nitrogen and oxygen atoms in total. The Hall–Kier alpha value is -4.08. The average Bonchev–Trinajstić information content (AvgIpc) is 3.68. The van der Waals surface area contributed by atoms with Crippen molar-refractivity contribution in [3.8, 4) is 11.3 Å². The minimum atomic E-state index is -2.69. The molecule has 4 heterocycles. The van der Waals surface area contributed by atoms with Crippen molar-refractivity contribution in [3.05, 3.63) is 47.7 Å². The standard InChI is InChI=1S/C24H26N8O2/c1-12-10-29-22(21-18(12)20-19(13(2)32(21)4)26-7-8-27-20)30-16-9-17(31-23(33)14-5-6-14)28-11-15(16)24(34)25-3/h7-11,13-14H,5-6H2,1-4H3,(H,25,34)(H2,28,29,30,31,33)/t13-/m1/s1/i3D3. The number of hydrogen-bond donors (Lipinski definition) is 3. The van der Waals surface area contributed by atoms with Gasteiger partial charge in [-0.25, -0.2) is 9.97 Å². The second-order valence-corrected chi connectivity index (χ2v) is 8.55. The van der Waals surface area contributed by atoms with E-state index in [1.807, 2.05) is 31.1 Å². The molecule has 2 aliphatic rings. The maximum atomic E-state index is 12.9. The number of rotatable bonds is 5. The van der Waals surface area contributed by atoms with E-state index in [1.54, 1.807) is 18.6 Å². The number of hydrogen-bond acceptors (Lipinski definition) is 8. The van der Waals surface area contributed by atoms with Crippen LogP contribution >= 0.6 is 0 Å². The monoisotopic (exact) mass is 461 g/mol. The molecule has 34 heavy (non-hydrogen) atoms. The van der Waals surface area contributed by atoms with Gasteiger partial charge in [0.2, 0.25) is 5.91 Å². The highest BCUT2D eigenvalue weighted by Gasteiger charge is 2.33. The number of aryl methyl sites for hydroxylation is 1. The topological polar surface area (TPSA) is 125 Å². The largest absolute Gasteiger partial charge is 0.363 e. The molecule has 0 bridgehead atoms. The van der Waals surface area contributed by atoms with Gasteiger partial charge in [-0.2, -0.15) is 0 Å². The van der Waals surface area contributed by atoms with Crippen LogP contribution in [0.15, 0.2) is 30.9 Å². The van der Waals surface area contributed by atoms with Crippen LogP contribution in [0.2, 0.25) is 0 Å². The molecule has 3 aromatic rings. The molecule has 5 rings (SSSR count). The molecule has 3 aromatic heterocycles. The summed E-state index contributed by atoms with van der Waals surface area (Å²) in [5.41, 5.74) is 4.32. The molecule has 1 saturated carbocycles. The number of fused-ring (bicyclic) bond motifs is 3. The van der Waals surface area contributed by atoms with Crippen LogP contribution in [0.25, 0.3) is 11.3 Å². The van der Waals surface area contributed by atoms with Gasteiger partial charge in [0.25, 0.3) is 5.91 Å². The molecule has 1 fully saturated rings. The van der Waals surface area contributed by atoms with E-state index in [0.717, 1.165) is 41.0 Å². The fourth-order valence-corrected chi connectivity index (χ4v) is 4.13. The molecule has 10 heteroatoms. The number of carbonyl (C=O) groups is 2. The van der Waals surface area contributed by atoms with Gasteiger partial charge in [0.15, 0.2) is 5.82 Å². The summed E-state index contributed by atoms with van der Waals surface area (Å²) in [4.78, 5) is 45.1. The van der Waals surface area contributed by atoms with Crippen molar-refractivity contribution in [3.63, 3.8) is 0 Å². The lowest BCUT2D eigenvalue weighted by molar-refractivity contribution is -0.117. The van der Waals surface area contributed by atoms with Crippen molar-refractivity contribution in [2.75, 3.05) is 29.6 Å². The summed E-state index contributed by atoms with van der Waals surface area (Å²) in [5, 5.41) is 7.96. The molecule has 0 spiro atoms. The lowest BCUT2D eigenvalue weighted by Gasteiger charge is -2.36. The molecule has 174 valence electrons. The van der Waals surface area contributed by atoms with E-state index in [-0.39, 0.29) is 34.9 Å². The van der Waals surface area contributed by atoms with E-state index >= 15 is 0 Å². The summed E-state index contributed by atoms with van der Waals surface area (Å²) in [7, 11) is 1.92. The van der Waals surface area contributed by atoms with Crippen LogP contribution in [0.5, 0.6) is 0 Å². The molecule has 1 atom stereocenters. The number of carbonyl (C=O) groups excluding carboxylic acids is 2. The Labute approximate surface area is 201 Å². The quantitative estimate of drug-likeness (QED) is 0.529. The van der Waals surface area contributed by atoms with Gasteiger partial charge in [-0.05, 0) is 32.3 Å². The normalized spacial score (nSPS) is 18.0. The first kappa shape index (κ1) is 18.4. The fourth-order valence-electron chi connectivity index (χ4n) is 4.13. The smallest absolute Gasteiger partial charge is 0.254 e. The summed E-state index contributed by atoms with van der Waals surface area (Å²) in [6.45, 7) is 1.26. The average molecular weight is 462 g/mol. The molecule has 3 N–H and O–H groups in total. The van der Waals surface area contributed by atoms with E-state index in [2.05, 4.69) is 30.6 Å². The summed E-state index contributed by atoms with van der Waals surface area (Å²) in [5.74, 6) is -0.357. The predicted octanol–water partition coefficient (Wildman–Crippen LogP) is 3.20. The first-order valence-corrected chi connectivity index (χ1v) is 11.0. The van der Waals surface area contributed by atoms with Crippen LogP contribution < -0.4 is 20.9 Å². The van der Waals surface area contributed by atoms with Gasteiger partial charge < -0.3 is 20.9 Å². The van der Waals surface area contributed by atoms with Crippen molar-refractivity contribution >= 4 is 34.8 Å². The molecular weight excluding hydrogens is 432 g/mol. The molecule has 0 saturated heterocycles. The molecule has 1 aliphatic heterocycles. The fraction of sp³-hybridized carbons (Fsp3) is 0.333. The van der Waals surface area contributed by atoms with Crippen LogP contribution in [-0.2, 0) is 4.79 Å². The van der Waals surface area contributed by atoms with Crippen molar-refractivity contribution in [2.45, 2.75) is 32.7 Å². The zero-order valence-corrected chi connectivity index (χ0v) is 19.0. The van der Waals surface area contributed by atoms with Crippen molar-refractivity contribution < 1.29 is 13.7 Å². The summed E-state index contributed by atoms with van der Waals surface area (Å²) >= 11 is 0. The molecule has 1 aliphatic carbocycles. The van der Waals surface area contributed by atoms with E-state index in [9.17, 15) is 9.59 Å². The van der Waals surface area contributed by atoms with Crippen molar-refractivity contribution in [1.82, 2.24) is 25.3 Å². The SMILES string of the molecule is [2H]C([2H])([2H])NC(=O)c1cnc(NC(=O)C2CC2)cc1Nc1ncc(C)c2c1N(C)[C@H](C)c1nccnc1-2. The predicted molar refractivity (Wildman–Crippen MR) is 129 cm³/mol. The van der Waals surface area contributed by atoms with Crippen molar-refractivity contribution in [2.24, 2.45) is 5.92 Å². The molecular formula is C24H26N8O2. The lowest BCUT2D eigenvalue weighted by atomic mass is 9.94. The second kappa shape index (κ2) is 8.36. The summed E-state index contributed by atoms with van der Waals surface area (Å²) < 4.78 is 22.3. The molecule has 0 aromatic carbocycles. The number of nitrogens with one attached hydrogen (secondary N) is 3. The van der Waals surface area contributed by atoms with Crippen LogP contribution in [0.3, 0.4) is 0 Å². The Balaban J connectivity index is 1.60. The first-order chi connectivity index (χ1) is 17.5. The number of anilines is 4. The van der Waals surface area contributed by atoms with Gasteiger partial charge in [0.1, 0.15) is 5.82 Å². The third-order valence-electron chi connectivity index (χ3n) is 6.25. The molecule has 2 amide bonds. The van der Waals surface area contributed by atoms with E-state index in [4.69, 9.17) is 4.11 Å². The van der Waals surface area contributed by atoms with E-state index in [1.165, 1.54) is 12.3 Å². The Morgan fingerprint density at radius 2 is 1.94 bits per heavy atom. The zero-order chi connectivity index (χ0) is 26.5. The van der Waals surface area contributed by atoms with Gasteiger partial charge in [-0.3, -0.25) is 19.6 Å². The Morgan fingerprint density at radius 1 is 1.15 bits per heavy atom.